The largest absolute Gasteiger partial charge is 0.508 e. The Labute approximate surface area is 120 Å². The first-order valence-corrected chi connectivity index (χ1v) is 8.09. The minimum Gasteiger partial charge on any atom is -0.508 e. The van der Waals surface area contributed by atoms with Crippen molar-refractivity contribution in [2.75, 3.05) is 0 Å². The van der Waals surface area contributed by atoms with Crippen molar-refractivity contribution >= 4 is 0 Å². The van der Waals surface area contributed by atoms with E-state index in [9.17, 15) is 10.2 Å². The summed E-state index contributed by atoms with van der Waals surface area (Å²) in [5.74, 6) is 2.49. The molecule has 4 rings (SSSR count). The highest BCUT2D eigenvalue weighted by molar-refractivity contribution is 5.40. The van der Waals surface area contributed by atoms with E-state index in [1.165, 1.54) is 30.4 Å². The number of rotatable bonds is 0. The highest BCUT2D eigenvalue weighted by atomic mass is 16.3. The lowest BCUT2D eigenvalue weighted by molar-refractivity contribution is -0.0226. The summed E-state index contributed by atoms with van der Waals surface area (Å²) in [6.07, 6.45) is 6.78. The maximum absolute atomic E-state index is 10.4. The van der Waals surface area contributed by atoms with Crippen LogP contribution in [0.1, 0.15) is 56.1 Å². The van der Waals surface area contributed by atoms with Crippen LogP contribution in [0.5, 0.6) is 5.75 Å². The predicted molar refractivity (Wildman–Crippen MR) is 78.7 cm³/mol. The second-order valence-corrected chi connectivity index (χ2v) is 7.44. The van der Waals surface area contributed by atoms with E-state index in [1.807, 2.05) is 12.1 Å². The van der Waals surface area contributed by atoms with E-state index in [1.54, 1.807) is 0 Å². The first-order chi connectivity index (χ1) is 9.59. The lowest BCUT2D eigenvalue weighted by Crippen LogP contribution is -2.43. The molecule has 1 aromatic carbocycles. The molecule has 20 heavy (non-hydrogen) atoms. The van der Waals surface area contributed by atoms with Gasteiger partial charge in [0.25, 0.3) is 0 Å². The summed E-state index contributed by atoms with van der Waals surface area (Å²) < 4.78 is 0. The van der Waals surface area contributed by atoms with Crippen molar-refractivity contribution in [1.29, 1.82) is 0 Å². The van der Waals surface area contributed by atoms with Crippen LogP contribution in [0.25, 0.3) is 0 Å². The minimum atomic E-state index is -0.0883. The third-order valence-electron chi connectivity index (χ3n) is 6.66. The fourth-order valence-corrected chi connectivity index (χ4v) is 5.54. The maximum atomic E-state index is 10.4. The van der Waals surface area contributed by atoms with Gasteiger partial charge in [-0.15, -0.1) is 0 Å². The molecule has 3 aliphatic carbocycles. The zero-order valence-electron chi connectivity index (χ0n) is 12.2. The molecule has 0 saturated heterocycles. The summed E-state index contributed by atoms with van der Waals surface area (Å²) in [6.45, 7) is 2.32. The van der Waals surface area contributed by atoms with E-state index in [0.717, 1.165) is 25.2 Å². The Hall–Kier alpha value is -1.02. The van der Waals surface area contributed by atoms with Gasteiger partial charge in [0, 0.05) is 0 Å². The molecule has 0 aromatic heterocycles. The minimum absolute atomic E-state index is 0.0883. The molecule has 0 heterocycles. The van der Waals surface area contributed by atoms with E-state index in [2.05, 4.69) is 13.0 Å². The van der Waals surface area contributed by atoms with Crippen LogP contribution in [0.3, 0.4) is 0 Å². The number of aryl methyl sites for hydroxylation is 1. The third kappa shape index (κ3) is 1.60. The Morgan fingerprint density at radius 2 is 2.00 bits per heavy atom. The topological polar surface area (TPSA) is 40.5 Å². The van der Waals surface area contributed by atoms with Gasteiger partial charge in [-0.1, -0.05) is 13.0 Å². The number of aliphatic hydroxyl groups is 1. The molecule has 0 radical (unpaired) electrons. The Morgan fingerprint density at radius 1 is 1.15 bits per heavy atom. The second kappa shape index (κ2) is 4.24. The van der Waals surface area contributed by atoms with Crippen LogP contribution in [0.4, 0.5) is 0 Å². The molecular weight excluding hydrogens is 248 g/mol. The fraction of sp³-hybridized carbons (Fsp3) is 0.667. The number of hydrogen-bond donors (Lipinski definition) is 2. The number of aromatic hydroxyl groups is 1. The standard InChI is InChI=1S/C18H24O2/c1-18-9-8-14-13-5-3-12(19)10-11(13)2-4-15(14)16(18)6-7-17(18)20/h3,5,10,14-17,19-20H,2,4,6-9H2,1H3/t14?,15-,16?,17-,18-/m0/s1. The van der Waals surface area contributed by atoms with E-state index in [4.69, 9.17) is 0 Å². The van der Waals surface area contributed by atoms with Gasteiger partial charge in [0.2, 0.25) is 0 Å². The summed E-state index contributed by atoms with van der Waals surface area (Å²) in [6, 6.07) is 5.96. The zero-order valence-corrected chi connectivity index (χ0v) is 12.2. The highest BCUT2D eigenvalue weighted by Crippen LogP contribution is 2.60. The number of fused-ring (bicyclic) bond motifs is 5. The number of benzene rings is 1. The van der Waals surface area contributed by atoms with Crippen LogP contribution >= 0.6 is 0 Å². The first kappa shape index (κ1) is 12.7. The van der Waals surface area contributed by atoms with E-state index in [0.29, 0.717) is 17.6 Å². The monoisotopic (exact) mass is 272 g/mol. The quantitative estimate of drug-likeness (QED) is 0.757. The number of aliphatic hydroxyl groups excluding tert-OH is 1. The number of phenols is 1. The van der Waals surface area contributed by atoms with Crippen LogP contribution in [-0.2, 0) is 6.42 Å². The van der Waals surface area contributed by atoms with E-state index < -0.39 is 0 Å². The molecule has 2 nitrogen and oxygen atoms in total. The molecule has 1 aromatic rings. The molecule has 108 valence electrons. The highest BCUT2D eigenvalue weighted by Gasteiger charge is 2.54. The summed E-state index contributed by atoms with van der Waals surface area (Å²) in [5, 5.41) is 20.0. The first-order valence-electron chi connectivity index (χ1n) is 8.09. The lowest BCUT2D eigenvalue weighted by atomic mass is 9.55. The van der Waals surface area contributed by atoms with Crippen LogP contribution in [0, 0.1) is 17.3 Å². The van der Waals surface area contributed by atoms with Gasteiger partial charge in [-0.05, 0) is 85.0 Å². The molecule has 2 fully saturated rings. The Kier molecular flexibility index (Phi) is 2.69. The molecule has 2 heteroatoms. The van der Waals surface area contributed by atoms with Gasteiger partial charge in [0.05, 0.1) is 6.10 Å². The second-order valence-electron chi connectivity index (χ2n) is 7.44. The van der Waals surface area contributed by atoms with Gasteiger partial charge < -0.3 is 10.2 Å². The third-order valence-corrected chi connectivity index (χ3v) is 6.66. The lowest BCUT2D eigenvalue weighted by Gasteiger charge is -2.50. The maximum Gasteiger partial charge on any atom is 0.115 e. The molecule has 0 amide bonds. The Morgan fingerprint density at radius 3 is 2.85 bits per heavy atom. The van der Waals surface area contributed by atoms with Gasteiger partial charge >= 0.3 is 0 Å². The van der Waals surface area contributed by atoms with Gasteiger partial charge in [0.1, 0.15) is 5.75 Å². The van der Waals surface area contributed by atoms with Crippen molar-refractivity contribution in [2.24, 2.45) is 17.3 Å². The fourth-order valence-electron chi connectivity index (χ4n) is 5.54. The average Bonchev–Trinajstić information content (AvgIpc) is 2.74. The summed E-state index contributed by atoms with van der Waals surface area (Å²) in [5.41, 5.74) is 2.99. The molecule has 2 N–H and O–H groups in total. The van der Waals surface area contributed by atoms with Crippen molar-refractivity contribution in [3.05, 3.63) is 29.3 Å². The molecule has 0 aliphatic heterocycles. The van der Waals surface area contributed by atoms with Crippen molar-refractivity contribution in [3.8, 4) is 5.75 Å². The molecule has 0 bridgehead atoms. The van der Waals surface area contributed by atoms with E-state index >= 15 is 0 Å². The van der Waals surface area contributed by atoms with Crippen molar-refractivity contribution in [3.63, 3.8) is 0 Å². The summed E-state index contributed by atoms with van der Waals surface area (Å²) in [4.78, 5) is 0. The van der Waals surface area contributed by atoms with Crippen LogP contribution < -0.4 is 0 Å². The molecular formula is C18H24O2. The Balaban J connectivity index is 1.71. The molecule has 2 saturated carbocycles. The van der Waals surface area contributed by atoms with Crippen molar-refractivity contribution < 1.29 is 10.2 Å². The average molecular weight is 272 g/mol. The summed E-state index contributed by atoms with van der Waals surface area (Å²) in [7, 11) is 0. The predicted octanol–water partition coefficient (Wildman–Crippen LogP) is 3.61. The number of hydrogen-bond acceptors (Lipinski definition) is 2. The smallest absolute Gasteiger partial charge is 0.115 e. The number of phenolic OH excluding ortho intramolecular Hbond substituents is 1. The molecule has 0 spiro atoms. The van der Waals surface area contributed by atoms with Gasteiger partial charge in [-0.2, -0.15) is 0 Å². The van der Waals surface area contributed by atoms with Crippen molar-refractivity contribution in [1.82, 2.24) is 0 Å². The van der Waals surface area contributed by atoms with Gasteiger partial charge in [0.15, 0.2) is 0 Å². The van der Waals surface area contributed by atoms with Gasteiger partial charge in [-0.25, -0.2) is 0 Å². The molecule has 3 aliphatic rings. The van der Waals surface area contributed by atoms with Crippen LogP contribution in [-0.4, -0.2) is 16.3 Å². The summed E-state index contributed by atoms with van der Waals surface area (Å²) >= 11 is 0. The zero-order chi connectivity index (χ0) is 13.9. The molecule has 5 atom stereocenters. The van der Waals surface area contributed by atoms with Gasteiger partial charge in [-0.3, -0.25) is 0 Å². The van der Waals surface area contributed by atoms with Crippen LogP contribution in [0.15, 0.2) is 18.2 Å². The van der Waals surface area contributed by atoms with Crippen LogP contribution in [0.2, 0.25) is 0 Å². The normalized spacial score (nSPS) is 42.7. The SMILES string of the molecule is C[C@]12CCC3c4ccc(O)cc4CC[C@@H]3C1CC[C@@H]2O. The van der Waals surface area contributed by atoms with E-state index in [-0.39, 0.29) is 11.5 Å². The molecule has 2 unspecified atom stereocenters. The van der Waals surface area contributed by atoms with Crippen molar-refractivity contribution in [2.45, 2.75) is 57.5 Å². The Bertz CT molecular complexity index is 538.